The summed E-state index contributed by atoms with van der Waals surface area (Å²) in [6.45, 7) is 1.19. The van der Waals surface area contributed by atoms with Gasteiger partial charge in [0.15, 0.2) is 6.73 Å². The van der Waals surface area contributed by atoms with E-state index in [4.69, 9.17) is 9.47 Å². The quantitative estimate of drug-likeness (QED) is 0.551. The Hall–Kier alpha value is -0.700. The third-order valence-corrected chi connectivity index (χ3v) is 0.908. The molecule has 1 heterocycles. The molecule has 0 unspecified atom stereocenters. The van der Waals surface area contributed by atoms with Gasteiger partial charge in [-0.05, 0) is 0 Å². The van der Waals surface area contributed by atoms with Crippen molar-refractivity contribution in [2.24, 2.45) is 0 Å². The molecule has 0 saturated heterocycles. The largest absolute Gasteiger partial charge is 0.479 e. The van der Waals surface area contributed by atoms with E-state index in [1.165, 1.54) is 0 Å². The Balaban J connectivity index is 2.23. The smallest absolute Gasteiger partial charge is 0.158 e. The number of hydrogen-bond donors (Lipinski definition) is 1. The molecule has 1 rings (SSSR count). The number of ether oxygens (including phenoxy) is 2. The third-order valence-electron chi connectivity index (χ3n) is 0.908. The Kier molecular flexibility index (Phi) is 1.75. The average Bonchev–Trinajstić information content (AvgIpc) is 2.19. The molecule has 0 aromatic heterocycles. The van der Waals surface area contributed by atoms with Crippen LogP contribution in [-0.4, -0.2) is 20.4 Å². The van der Waals surface area contributed by atoms with Gasteiger partial charge >= 0.3 is 0 Å². The van der Waals surface area contributed by atoms with Crippen LogP contribution in [0.1, 0.15) is 0 Å². The van der Waals surface area contributed by atoms with Crippen LogP contribution in [-0.2, 0) is 9.47 Å². The van der Waals surface area contributed by atoms with Crippen LogP contribution in [0.25, 0.3) is 0 Å². The molecule has 3 nitrogen and oxygen atoms in total. The van der Waals surface area contributed by atoms with E-state index in [0.717, 1.165) is 5.70 Å². The molecular formula is C5H9NO2. The van der Waals surface area contributed by atoms with Gasteiger partial charge in [-0.2, -0.15) is 0 Å². The van der Waals surface area contributed by atoms with Crippen molar-refractivity contribution in [3.05, 3.63) is 12.0 Å². The van der Waals surface area contributed by atoms with Gasteiger partial charge in [0.2, 0.25) is 0 Å². The molecule has 46 valence electrons. The van der Waals surface area contributed by atoms with Crippen LogP contribution >= 0.6 is 0 Å². The maximum absolute atomic E-state index is 4.86. The molecule has 8 heavy (non-hydrogen) atoms. The van der Waals surface area contributed by atoms with Gasteiger partial charge < -0.3 is 14.8 Å². The lowest BCUT2D eigenvalue weighted by Crippen LogP contribution is -2.11. The van der Waals surface area contributed by atoms with E-state index in [-0.39, 0.29) is 0 Å². The summed E-state index contributed by atoms with van der Waals surface area (Å²) in [6, 6.07) is 0. The fourth-order valence-corrected chi connectivity index (χ4v) is 0.559. The lowest BCUT2D eigenvalue weighted by atomic mass is 10.5. The summed E-state index contributed by atoms with van der Waals surface area (Å²) in [7, 11) is 1.65. The van der Waals surface area contributed by atoms with E-state index in [0.29, 0.717) is 13.3 Å². The molecule has 0 atom stereocenters. The molecule has 0 aromatic rings. The molecule has 0 amide bonds. The average molecular weight is 115 g/mol. The first-order valence-corrected chi connectivity index (χ1v) is 2.47. The van der Waals surface area contributed by atoms with Crippen molar-refractivity contribution in [3.63, 3.8) is 0 Å². The van der Waals surface area contributed by atoms with Crippen LogP contribution in [0.4, 0.5) is 0 Å². The summed E-state index contributed by atoms with van der Waals surface area (Å²) in [5.74, 6) is 0. The molecule has 0 radical (unpaired) electrons. The monoisotopic (exact) mass is 115 g/mol. The first-order chi connectivity index (χ1) is 3.93. The molecule has 0 saturated carbocycles. The second-order valence-electron chi connectivity index (χ2n) is 1.56. The summed E-state index contributed by atoms with van der Waals surface area (Å²) >= 11 is 0. The molecule has 0 fully saturated rings. The zero-order chi connectivity index (χ0) is 5.82. The molecule has 0 aromatic carbocycles. The fourth-order valence-electron chi connectivity index (χ4n) is 0.559. The Morgan fingerprint density at radius 2 is 2.88 bits per heavy atom. The Bertz CT molecular complexity index is 101. The van der Waals surface area contributed by atoms with E-state index < -0.39 is 0 Å². The maximum Gasteiger partial charge on any atom is 0.158 e. The first-order valence-electron chi connectivity index (χ1n) is 2.47. The van der Waals surface area contributed by atoms with Gasteiger partial charge in [-0.15, -0.1) is 0 Å². The summed E-state index contributed by atoms with van der Waals surface area (Å²) in [6.07, 6.45) is 1.67. The maximum atomic E-state index is 4.86. The van der Waals surface area contributed by atoms with E-state index >= 15 is 0 Å². The number of methoxy groups -OCH3 is 1. The highest BCUT2D eigenvalue weighted by Gasteiger charge is 2.00. The molecule has 1 aliphatic rings. The first kappa shape index (κ1) is 5.44. The van der Waals surface area contributed by atoms with Crippen molar-refractivity contribution < 1.29 is 9.47 Å². The minimum atomic E-state index is 0.582. The molecular weight excluding hydrogens is 106 g/mol. The van der Waals surface area contributed by atoms with Gasteiger partial charge in [-0.25, -0.2) is 0 Å². The zero-order valence-corrected chi connectivity index (χ0v) is 4.81. The van der Waals surface area contributed by atoms with Gasteiger partial charge in [0.1, 0.15) is 6.26 Å². The van der Waals surface area contributed by atoms with Gasteiger partial charge in [-0.1, -0.05) is 0 Å². The van der Waals surface area contributed by atoms with E-state index in [1.54, 1.807) is 13.4 Å². The Morgan fingerprint density at radius 1 is 2.00 bits per heavy atom. The van der Waals surface area contributed by atoms with E-state index in [9.17, 15) is 0 Å². The standard InChI is InChI=1S/C5H9NO2/c1-7-2-5-3-8-4-6-5/h3,6H,2,4H2,1H3. The van der Waals surface area contributed by atoms with Crippen LogP contribution in [0.2, 0.25) is 0 Å². The highest BCUT2D eigenvalue weighted by molar-refractivity contribution is 4.97. The highest BCUT2D eigenvalue weighted by atomic mass is 16.5. The van der Waals surface area contributed by atoms with Gasteiger partial charge in [0.25, 0.3) is 0 Å². The van der Waals surface area contributed by atoms with Crippen molar-refractivity contribution in [1.29, 1.82) is 0 Å². The molecule has 0 bridgehead atoms. The number of nitrogens with one attached hydrogen (secondary N) is 1. The summed E-state index contributed by atoms with van der Waals surface area (Å²) in [5, 5.41) is 2.97. The normalized spacial score (nSPS) is 16.9. The van der Waals surface area contributed by atoms with E-state index in [1.807, 2.05) is 0 Å². The molecule has 0 spiro atoms. The second kappa shape index (κ2) is 2.57. The lowest BCUT2D eigenvalue weighted by Gasteiger charge is -1.96. The Labute approximate surface area is 48.3 Å². The van der Waals surface area contributed by atoms with Gasteiger partial charge in [0, 0.05) is 7.11 Å². The predicted octanol–water partition coefficient (Wildman–Crippen LogP) is 0.0515. The van der Waals surface area contributed by atoms with Crippen LogP contribution in [0, 0.1) is 0 Å². The number of rotatable bonds is 2. The summed E-state index contributed by atoms with van der Waals surface area (Å²) in [5.41, 5.74) is 1.01. The fraction of sp³-hybridized carbons (Fsp3) is 0.600. The molecule has 1 N–H and O–H groups in total. The number of hydrogen-bond acceptors (Lipinski definition) is 3. The van der Waals surface area contributed by atoms with Crippen LogP contribution in [0.5, 0.6) is 0 Å². The Morgan fingerprint density at radius 3 is 3.38 bits per heavy atom. The zero-order valence-electron chi connectivity index (χ0n) is 4.81. The van der Waals surface area contributed by atoms with Gasteiger partial charge in [-0.3, -0.25) is 0 Å². The minimum Gasteiger partial charge on any atom is -0.479 e. The van der Waals surface area contributed by atoms with Crippen LogP contribution < -0.4 is 5.32 Å². The van der Waals surface area contributed by atoms with Crippen molar-refractivity contribution in [1.82, 2.24) is 5.32 Å². The van der Waals surface area contributed by atoms with Crippen molar-refractivity contribution in [3.8, 4) is 0 Å². The second-order valence-corrected chi connectivity index (χ2v) is 1.56. The predicted molar refractivity (Wildman–Crippen MR) is 29.0 cm³/mol. The third kappa shape index (κ3) is 1.13. The molecule has 3 heteroatoms. The van der Waals surface area contributed by atoms with Crippen LogP contribution in [0.15, 0.2) is 12.0 Å². The minimum absolute atomic E-state index is 0.582. The summed E-state index contributed by atoms with van der Waals surface area (Å²) < 4.78 is 9.67. The SMILES string of the molecule is COCC1=COCN1. The van der Waals surface area contributed by atoms with Crippen LogP contribution in [0.3, 0.4) is 0 Å². The van der Waals surface area contributed by atoms with E-state index in [2.05, 4.69) is 5.32 Å². The highest BCUT2D eigenvalue weighted by Crippen LogP contribution is 1.96. The molecule has 0 aliphatic carbocycles. The summed E-state index contributed by atoms with van der Waals surface area (Å²) in [4.78, 5) is 0. The lowest BCUT2D eigenvalue weighted by molar-refractivity contribution is 0.221. The van der Waals surface area contributed by atoms with Gasteiger partial charge in [0.05, 0.1) is 12.3 Å². The van der Waals surface area contributed by atoms with Crippen molar-refractivity contribution >= 4 is 0 Å². The molecule has 1 aliphatic heterocycles. The van der Waals surface area contributed by atoms with Crippen molar-refractivity contribution in [2.45, 2.75) is 0 Å². The topological polar surface area (TPSA) is 30.5 Å². The van der Waals surface area contributed by atoms with Crippen molar-refractivity contribution in [2.75, 3.05) is 20.4 Å².